The predicted molar refractivity (Wildman–Crippen MR) is 77.0 cm³/mol. The number of hydrogen-bond acceptors (Lipinski definition) is 5. The molecule has 20 heavy (non-hydrogen) atoms. The Kier molecular flexibility index (Phi) is 4.74. The fraction of sp³-hybridized carbons (Fsp3) is 0.455. The molecule has 110 valence electrons. The molecule has 0 atom stereocenters. The summed E-state index contributed by atoms with van der Waals surface area (Å²) in [4.78, 5) is 10.1. The third-order valence-corrected chi connectivity index (χ3v) is 5.47. The van der Waals surface area contributed by atoms with Gasteiger partial charge < -0.3 is 5.32 Å². The van der Waals surface area contributed by atoms with Crippen LogP contribution in [0.5, 0.6) is 0 Å². The van der Waals surface area contributed by atoms with Crippen molar-refractivity contribution in [2.45, 2.75) is 11.3 Å². The maximum absolute atomic E-state index is 12.6. The highest BCUT2D eigenvalue weighted by molar-refractivity contribution is 9.10. The van der Waals surface area contributed by atoms with Crippen LogP contribution >= 0.6 is 15.9 Å². The average molecular weight is 364 g/mol. The second-order valence-electron chi connectivity index (χ2n) is 4.38. The minimum atomic E-state index is -3.85. The molecule has 0 radical (unpaired) electrons. The van der Waals surface area contributed by atoms with E-state index in [1.54, 1.807) is 0 Å². The van der Waals surface area contributed by atoms with Crippen LogP contribution < -0.4 is 5.32 Å². The van der Waals surface area contributed by atoms with E-state index in [1.165, 1.54) is 22.5 Å². The summed E-state index contributed by atoms with van der Waals surface area (Å²) >= 11 is 3.12. The van der Waals surface area contributed by atoms with E-state index in [-0.39, 0.29) is 4.90 Å². The molecule has 0 aromatic heterocycles. The molecule has 0 unspecified atom stereocenters. The first-order chi connectivity index (χ1) is 9.43. The standard InChI is InChI=1S/C11H14BrN3O4S/c12-9-2-3-11(10(8-9)15(16)17)20(18,19)14-6-1-4-13-5-7-14/h2-3,8,13H,1,4-7H2. The molecule has 1 saturated heterocycles. The van der Waals surface area contributed by atoms with E-state index >= 15 is 0 Å². The van der Waals surface area contributed by atoms with Gasteiger partial charge in [-0.3, -0.25) is 10.1 Å². The summed E-state index contributed by atoms with van der Waals surface area (Å²) in [6.07, 6.45) is 0.684. The highest BCUT2D eigenvalue weighted by Gasteiger charge is 2.31. The van der Waals surface area contributed by atoms with Crippen molar-refractivity contribution in [2.75, 3.05) is 26.2 Å². The second-order valence-corrected chi connectivity index (χ2v) is 7.20. The van der Waals surface area contributed by atoms with Crippen molar-refractivity contribution in [3.63, 3.8) is 0 Å². The van der Waals surface area contributed by atoms with Crippen LogP contribution in [-0.2, 0) is 10.0 Å². The first kappa shape index (κ1) is 15.4. The number of benzene rings is 1. The second kappa shape index (κ2) is 6.17. The summed E-state index contributed by atoms with van der Waals surface area (Å²) in [7, 11) is -3.85. The van der Waals surface area contributed by atoms with Crippen molar-refractivity contribution in [1.29, 1.82) is 0 Å². The first-order valence-corrected chi connectivity index (χ1v) is 8.31. The minimum Gasteiger partial charge on any atom is -0.315 e. The van der Waals surface area contributed by atoms with Crippen molar-refractivity contribution in [3.8, 4) is 0 Å². The van der Waals surface area contributed by atoms with E-state index in [4.69, 9.17) is 0 Å². The Labute approximate surface area is 125 Å². The highest BCUT2D eigenvalue weighted by Crippen LogP contribution is 2.29. The van der Waals surface area contributed by atoms with Gasteiger partial charge in [0.2, 0.25) is 10.0 Å². The van der Waals surface area contributed by atoms with E-state index in [9.17, 15) is 18.5 Å². The van der Waals surface area contributed by atoms with E-state index in [2.05, 4.69) is 21.2 Å². The fourth-order valence-corrected chi connectivity index (χ4v) is 4.02. The number of nitro benzene ring substituents is 1. The molecule has 1 aliphatic heterocycles. The Bertz CT molecular complexity index is 612. The molecule has 1 heterocycles. The fourth-order valence-electron chi connectivity index (χ4n) is 2.05. The summed E-state index contributed by atoms with van der Waals surface area (Å²) < 4.78 is 26.9. The molecule has 0 aliphatic carbocycles. The number of hydrogen-bond donors (Lipinski definition) is 1. The van der Waals surface area contributed by atoms with Crippen molar-refractivity contribution in [2.24, 2.45) is 0 Å². The Morgan fingerprint density at radius 3 is 2.75 bits per heavy atom. The largest absolute Gasteiger partial charge is 0.315 e. The van der Waals surface area contributed by atoms with Gasteiger partial charge in [-0.05, 0) is 25.1 Å². The molecular formula is C11H14BrN3O4S. The van der Waals surface area contributed by atoms with Gasteiger partial charge in [-0.2, -0.15) is 4.31 Å². The van der Waals surface area contributed by atoms with Crippen LogP contribution in [0.25, 0.3) is 0 Å². The van der Waals surface area contributed by atoms with E-state index in [0.717, 1.165) is 6.54 Å². The zero-order valence-corrected chi connectivity index (χ0v) is 13.0. The maximum Gasteiger partial charge on any atom is 0.290 e. The Morgan fingerprint density at radius 2 is 2.05 bits per heavy atom. The third kappa shape index (κ3) is 3.17. The zero-order chi connectivity index (χ0) is 14.8. The zero-order valence-electron chi connectivity index (χ0n) is 10.6. The van der Waals surface area contributed by atoms with E-state index < -0.39 is 20.6 Å². The molecule has 1 aliphatic rings. The monoisotopic (exact) mass is 363 g/mol. The normalized spacial score (nSPS) is 17.6. The number of nitrogens with one attached hydrogen (secondary N) is 1. The molecule has 1 aromatic rings. The van der Waals surface area contributed by atoms with Gasteiger partial charge in [0.1, 0.15) is 0 Å². The van der Waals surface area contributed by atoms with Crippen LogP contribution in [0.4, 0.5) is 5.69 Å². The van der Waals surface area contributed by atoms with Gasteiger partial charge in [-0.1, -0.05) is 15.9 Å². The minimum absolute atomic E-state index is 0.257. The maximum atomic E-state index is 12.6. The topological polar surface area (TPSA) is 92.5 Å². The van der Waals surface area contributed by atoms with Crippen LogP contribution in [0.2, 0.25) is 0 Å². The van der Waals surface area contributed by atoms with E-state index in [0.29, 0.717) is 30.5 Å². The van der Waals surface area contributed by atoms with Crippen LogP contribution in [0.15, 0.2) is 27.6 Å². The highest BCUT2D eigenvalue weighted by atomic mass is 79.9. The number of nitrogens with zero attached hydrogens (tertiary/aromatic N) is 2. The van der Waals surface area contributed by atoms with Crippen LogP contribution in [0.1, 0.15) is 6.42 Å². The molecule has 1 aromatic carbocycles. The summed E-state index contributed by atoms with van der Waals surface area (Å²) in [5.41, 5.74) is -0.406. The van der Waals surface area contributed by atoms with Gasteiger partial charge in [0.25, 0.3) is 5.69 Å². The van der Waals surface area contributed by atoms with Gasteiger partial charge in [0.05, 0.1) is 4.92 Å². The van der Waals surface area contributed by atoms with Crippen LogP contribution in [-0.4, -0.2) is 43.8 Å². The van der Waals surface area contributed by atoms with E-state index in [1.807, 2.05) is 0 Å². The Morgan fingerprint density at radius 1 is 1.30 bits per heavy atom. The SMILES string of the molecule is O=[N+]([O-])c1cc(Br)ccc1S(=O)(=O)N1CCCNCC1. The molecule has 2 rings (SSSR count). The lowest BCUT2D eigenvalue weighted by Gasteiger charge is -2.19. The van der Waals surface area contributed by atoms with Crippen LogP contribution in [0, 0.1) is 10.1 Å². The smallest absolute Gasteiger partial charge is 0.290 e. The molecule has 1 fully saturated rings. The lowest BCUT2D eigenvalue weighted by atomic mass is 10.3. The molecule has 9 heteroatoms. The molecule has 0 spiro atoms. The molecule has 1 N–H and O–H groups in total. The molecular weight excluding hydrogens is 350 g/mol. The van der Waals surface area contributed by atoms with Gasteiger partial charge in [-0.15, -0.1) is 0 Å². The number of halogens is 1. The molecule has 0 bridgehead atoms. The lowest BCUT2D eigenvalue weighted by Crippen LogP contribution is -2.34. The van der Waals surface area contributed by atoms with Gasteiger partial charge in [0.15, 0.2) is 4.90 Å². The summed E-state index contributed by atoms with van der Waals surface area (Å²) in [6.45, 7) is 1.97. The van der Waals surface area contributed by atoms with Gasteiger partial charge in [0, 0.05) is 30.2 Å². The van der Waals surface area contributed by atoms with Crippen molar-refractivity contribution >= 4 is 31.6 Å². The predicted octanol–water partition coefficient (Wildman–Crippen LogP) is 1.34. The Hall–Kier alpha value is -1.03. The van der Waals surface area contributed by atoms with Crippen LogP contribution in [0.3, 0.4) is 0 Å². The summed E-state index contributed by atoms with van der Waals surface area (Å²) in [5.74, 6) is 0. The van der Waals surface area contributed by atoms with Crippen molar-refractivity contribution in [1.82, 2.24) is 9.62 Å². The molecule has 0 saturated carbocycles. The number of sulfonamides is 1. The molecule has 7 nitrogen and oxygen atoms in total. The summed E-state index contributed by atoms with van der Waals surface area (Å²) in [5, 5.41) is 14.2. The van der Waals surface area contributed by atoms with Gasteiger partial charge >= 0.3 is 0 Å². The van der Waals surface area contributed by atoms with Crippen molar-refractivity contribution in [3.05, 3.63) is 32.8 Å². The Balaban J connectivity index is 2.45. The average Bonchev–Trinajstić information content (AvgIpc) is 2.67. The first-order valence-electron chi connectivity index (χ1n) is 6.08. The van der Waals surface area contributed by atoms with Crippen molar-refractivity contribution < 1.29 is 13.3 Å². The molecule has 0 amide bonds. The lowest BCUT2D eigenvalue weighted by molar-refractivity contribution is -0.387. The number of rotatable bonds is 3. The van der Waals surface area contributed by atoms with Gasteiger partial charge in [-0.25, -0.2) is 8.42 Å². The quantitative estimate of drug-likeness (QED) is 0.646. The third-order valence-electron chi connectivity index (χ3n) is 3.03. The summed E-state index contributed by atoms with van der Waals surface area (Å²) in [6, 6.07) is 3.98. The number of nitro groups is 1.